The number of anilines is 1. The predicted octanol–water partition coefficient (Wildman–Crippen LogP) is 3.92. The molecule has 1 aliphatic heterocycles. The number of nitrogens with zero attached hydrogens (tertiary/aromatic N) is 3. The van der Waals surface area contributed by atoms with E-state index in [1.165, 1.54) is 11.1 Å². The molecule has 0 bridgehead atoms. The molecule has 0 fully saturated rings. The van der Waals surface area contributed by atoms with Gasteiger partial charge in [0.1, 0.15) is 5.82 Å². The molecule has 0 unspecified atom stereocenters. The van der Waals surface area contributed by atoms with Gasteiger partial charge in [-0.05, 0) is 17.7 Å². The van der Waals surface area contributed by atoms with E-state index in [0.29, 0.717) is 12.4 Å². The fourth-order valence-electron chi connectivity index (χ4n) is 3.63. The van der Waals surface area contributed by atoms with Crippen molar-refractivity contribution in [2.75, 3.05) is 5.73 Å². The summed E-state index contributed by atoms with van der Waals surface area (Å²) in [6, 6.07) is 22.7. The lowest BCUT2D eigenvalue weighted by atomic mass is 10.1. The number of rotatable bonds is 5. The van der Waals surface area contributed by atoms with E-state index in [0.717, 1.165) is 28.8 Å². The van der Waals surface area contributed by atoms with Crippen LogP contribution in [0, 0.1) is 0 Å². The summed E-state index contributed by atoms with van der Waals surface area (Å²) in [7, 11) is 0. The van der Waals surface area contributed by atoms with Crippen LogP contribution in [-0.4, -0.2) is 14.6 Å². The minimum atomic E-state index is 0.524. The molecule has 0 aliphatic carbocycles. The molecule has 0 atom stereocenters. The Bertz CT molecular complexity index is 1180. The van der Waals surface area contributed by atoms with E-state index in [1.807, 2.05) is 29.4 Å². The molecule has 0 saturated heterocycles. The molecular formula is C23H21N5O. The second kappa shape index (κ2) is 7.33. The van der Waals surface area contributed by atoms with Crippen molar-refractivity contribution in [1.82, 2.24) is 20.1 Å². The van der Waals surface area contributed by atoms with Crippen LogP contribution in [0.3, 0.4) is 0 Å². The minimum absolute atomic E-state index is 0.524. The molecule has 0 saturated carbocycles. The number of aromatic nitrogens is 2. The van der Waals surface area contributed by atoms with E-state index in [2.05, 4.69) is 69.9 Å². The first-order valence-electron chi connectivity index (χ1n) is 9.50. The summed E-state index contributed by atoms with van der Waals surface area (Å²) in [5, 5.41) is 3.02. The largest absolute Gasteiger partial charge is 0.387 e. The Kier molecular flexibility index (Phi) is 4.38. The molecule has 3 heterocycles. The minimum Gasteiger partial charge on any atom is -0.387 e. The number of hydrogen-bond donors (Lipinski definition) is 2. The van der Waals surface area contributed by atoms with Crippen LogP contribution in [0.15, 0.2) is 85.3 Å². The average molecular weight is 383 g/mol. The van der Waals surface area contributed by atoms with Crippen LogP contribution in [0.4, 0.5) is 5.82 Å². The Morgan fingerprint density at radius 2 is 1.76 bits per heavy atom. The lowest BCUT2D eigenvalue weighted by Crippen LogP contribution is -2.27. The SMILES string of the molecule is Nc1ncccc1CN1C=C(c2cn(Cc3ccccc3)c3ccccc23)ON1. The van der Waals surface area contributed by atoms with Crippen LogP contribution < -0.4 is 11.3 Å². The second-order valence-corrected chi connectivity index (χ2v) is 7.04. The summed E-state index contributed by atoms with van der Waals surface area (Å²) in [5.74, 6) is 1.30. The van der Waals surface area contributed by atoms with Gasteiger partial charge in [-0.15, -0.1) is 0 Å². The van der Waals surface area contributed by atoms with Crippen molar-refractivity contribution in [3.05, 3.63) is 102 Å². The van der Waals surface area contributed by atoms with E-state index >= 15 is 0 Å². The third-order valence-electron chi connectivity index (χ3n) is 5.06. The quantitative estimate of drug-likeness (QED) is 0.547. The van der Waals surface area contributed by atoms with Gasteiger partial charge in [0.25, 0.3) is 0 Å². The highest BCUT2D eigenvalue weighted by Gasteiger charge is 2.20. The maximum absolute atomic E-state index is 5.97. The number of fused-ring (bicyclic) bond motifs is 1. The van der Waals surface area contributed by atoms with Gasteiger partial charge in [0.15, 0.2) is 5.76 Å². The molecule has 6 nitrogen and oxygen atoms in total. The molecule has 6 heteroatoms. The monoisotopic (exact) mass is 383 g/mol. The van der Waals surface area contributed by atoms with Crippen molar-refractivity contribution in [1.29, 1.82) is 0 Å². The molecule has 4 aromatic rings. The zero-order chi connectivity index (χ0) is 19.6. The summed E-state index contributed by atoms with van der Waals surface area (Å²) in [6.07, 6.45) is 5.80. The van der Waals surface area contributed by atoms with E-state index in [9.17, 15) is 0 Å². The molecular weight excluding hydrogens is 362 g/mol. The first-order valence-corrected chi connectivity index (χ1v) is 9.50. The number of hydrazine groups is 1. The third kappa shape index (κ3) is 3.41. The van der Waals surface area contributed by atoms with Gasteiger partial charge >= 0.3 is 0 Å². The maximum atomic E-state index is 5.97. The van der Waals surface area contributed by atoms with Gasteiger partial charge in [0.2, 0.25) is 0 Å². The van der Waals surface area contributed by atoms with Crippen LogP contribution in [0.5, 0.6) is 0 Å². The van der Waals surface area contributed by atoms with Crippen molar-refractivity contribution < 1.29 is 4.84 Å². The Hall–Kier alpha value is -3.77. The number of nitrogens with one attached hydrogen (secondary N) is 1. The average Bonchev–Trinajstić information content (AvgIpc) is 3.36. The molecule has 29 heavy (non-hydrogen) atoms. The van der Waals surface area contributed by atoms with Crippen molar-refractivity contribution in [3.8, 4) is 0 Å². The summed E-state index contributed by atoms with van der Waals surface area (Å²) >= 11 is 0. The summed E-state index contributed by atoms with van der Waals surface area (Å²) in [6.45, 7) is 1.36. The zero-order valence-electron chi connectivity index (χ0n) is 15.8. The second-order valence-electron chi connectivity index (χ2n) is 7.04. The van der Waals surface area contributed by atoms with Gasteiger partial charge in [-0.1, -0.05) is 60.2 Å². The van der Waals surface area contributed by atoms with Crippen molar-refractivity contribution in [2.24, 2.45) is 0 Å². The van der Waals surface area contributed by atoms with Gasteiger partial charge in [-0.2, -0.15) is 0 Å². The van der Waals surface area contributed by atoms with E-state index < -0.39 is 0 Å². The van der Waals surface area contributed by atoms with Gasteiger partial charge in [-0.3, -0.25) is 5.01 Å². The molecule has 0 spiro atoms. The molecule has 2 aromatic carbocycles. The smallest absolute Gasteiger partial charge is 0.176 e. The highest BCUT2D eigenvalue weighted by atomic mass is 16.7. The molecule has 144 valence electrons. The molecule has 3 N–H and O–H groups in total. The standard InChI is InChI=1S/C23H21N5O/c24-23-18(9-6-12-25-23)14-28-16-22(29-26-28)20-15-27(13-17-7-2-1-3-8-17)21-11-5-4-10-19(20)21/h1-12,15-16,26H,13-14H2,(H2,24,25). The summed E-state index contributed by atoms with van der Waals surface area (Å²) in [5.41, 5.74) is 13.3. The zero-order valence-corrected chi connectivity index (χ0v) is 15.8. The van der Waals surface area contributed by atoms with E-state index in [4.69, 9.17) is 10.6 Å². The first kappa shape index (κ1) is 17.3. The number of nitrogen functional groups attached to an aromatic ring is 1. The fourth-order valence-corrected chi connectivity index (χ4v) is 3.63. The Morgan fingerprint density at radius 1 is 0.931 bits per heavy atom. The van der Waals surface area contributed by atoms with Crippen LogP contribution in [-0.2, 0) is 17.9 Å². The van der Waals surface area contributed by atoms with Gasteiger partial charge in [0.05, 0.1) is 12.7 Å². The highest BCUT2D eigenvalue weighted by molar-refractivity contribution is 5.92. The maximum Gasteiger partial charge on any atom is 0.176 e. The van der Waals surface area contributed by atoms with Crippen LogP contribution in [0.1, 0.15) is 16.7 Å². The fraction of sp³-hybridized carbons (Fsp3) is 0.0870. The number of para-hydroxylation sites is 1. The molecule has 0 radical (unpaired) electrons. The number of benzene rings is 2. The number of pyridine rings is 1. The Morgan fingerprint density at radius 3 is 2.62 bits per heavy atom. The Labute approximate surface area is 168 Å². The van der Waals surface area contributed by atoms with Gasteiger partial charge in [0, 0.05) is 41.0 Å². The lowest BCUT2D eigenvalue weighted by molar-refractivity contribution is 0.0427. The van der Waals surface area contributed by atoms with Gasteiger partial charge < -0.3 is 15.1 Å². The molecule has 0 amide bonds. The van der Waals surface area contributed by atoms with Crippen molar-refractivity contribution >= 4 is 22.5 Å². The highest BCUT2D eigenvalue weighted by Crippen LogP contribution is 2.30. The van der Waals surface area contributed by atoms with E-state index in [1.54, 1.807) is 6.20 Å². The Balaban J connectivity index is 1.46. The third-order valence-corrected chi connectivity index (χ3v) is 5.06. The van der Waals surface area contributed by atoms with Crippen LogP contribution in [0.2, 0.25) is 0 Å². The van der Waals surface area contributed by atoms with Crippen molar-refractivity contribution in [2.45, 2.75) is 13.1 Å². The predicted molar refractivity (Wildman–Crippen MR) is 114 cm³/mol. The van der Waals surface area contributed by atoms with Crippen LogP contribution in [0.25, 0.3) is 16.7 Å². The number of hydrogen-bond acceptors (Lipinski definition) is 5. The first-order chi connectivity index (χ1) is 14.3. The normalized spacial score (nSPS) is 13.5. The summed E-state index contributed by atoms with van der Waals surface area (Å²) in [4.78, 5) is 9.94. The van der Waals surface area contributed by atoms with Crippen LogP contribution >= 0.6 is 0 Å². The topological polar surface area (TPSA) is 68.3 Å². The number of nitrogens with two attached hydrogens (primary N) is 1. The van der Waals surface area contributed by atoms with E-state index in [-0.39, 0.29) is 0 Å². The lowest BCUT2D eigenvalue weighted by Gasteiger charge is -2.14. The van der Waals surface area contributed by atoms with Gasteiger partial charge in [-0.25, -0.2) is 4.98 Å². The molecule has 1 aliphatic rings. The summed E-state index contributed by atoms with van der Waals surface area (Å²) < 4.78 is 2.26. The molecule has 5 rings (SSSR count). The molecule has 2 aromatic heterocycles. The van der Waals surface area contributed by atoms with Crippen molar-refractivity contribution in [3.63, 3.8) is 0 Å².